The number of hydrogen-bond donors (Lipinski definition) is 0. The molecule has 2 rings (SSSR count). The number of benzene rings is 1. The molecule has 0 aliphatic carbocycles. The number of methoxy groups -OCH3 is 2. The second-order valence-corrected chi connectivity index (χ2v) is 7.67. The average Bonchev–Trinajstić information content (AvgIpc) is 2.97. The summed E-state index contributed by atoms with van der Waals surface area (Å²) in [6.45, 7) is 6.97. The third-order valence-electron chi connectivity index (χ3n) is 4.13. The number of halogens is 1. The number of alkyl halides is 1. The van der Waals surface area contributed by atoms with Crippen LogP contribution in [0.4, 0.5) is 4.79 Å². The van der Waals surface area contributed by atoms with Crippen LogP contribution in [0.25, 0.3) is 0 Å². The lowest BCUT2D eigenvalue weighted by atomic mass is 9.90. The van der Waals surface area contributed by atoms with Gasteiger partial charge in [-0.05, 0) is 44.4 Å². The highest BCUT2D eigenvalue weighted by atomic mass is 79.9. The zero-order chi connectivity index (χ0) is 17.9. The SMILES string of the molecule is COc1ccc([C@H]2CN(C(=O)OC(C)(C)C)C[C@@H]2CBr)cc1OC. The Balaban J connectivity index is 2.19. The summed E-state index contributed by atoms with van der Waals surface area (Å²) in [4.78, 5) is 14.2. The predicted octanol–water partition coefficient (Wildman–Crippen LogP) is 4.05. The van der Waals surface area contributed by atoms with Gasteiger partial charge < -0.3 is 19.1 Å². The Labute approximate surface area is 152 Å². The van der Waals surface area contributed by atoms with Gasteiger partial charge in [0, 0.05) is 24.3 Å². The second kappa shape index (κ2) is 7.64. The molecule has 0 unspecified atom stereocenters. The molecule has 1 aromatic rings. The van der Waals surface area contributed by atoms with Crippen molar-refractivity contribution in [3.8, 4) is 11.5 Å². The third kappa shape index (κ3) is 4.35. The minimum absolute atomic E-state index is 0.233. The van der Waals surface area contributed by atoms with E-state index in [-0.39, 0.29) is 12.0 Å². The van der Waals surface area contributed by atoms with E-state index in [0.29, 0.717) is 30.5 Å². The molecule has 0 aromatic heterocycles. The number of carbonyl (C=O) groups is 1. The van der Waals surface area contributed by atoms with Gasteiger partial charge in [-0.2, -0.15) is 0 Å². The van der Waals surface area contributed by atoms with Gasteiger partial charge in [-0.25, -0.2) is 4.79 Å². The van der Waals surface area contributed by atoms with Gasteiger partial charge in [0.05, 0.1) is 14.2 Å². The van der Waals surface area contributed by atoms with Crippen molar-refractivity contribution in [2.45, 2.75) is 32.3 Å². The van der Waals surface area contributed by atoms with E-state index in [2.05, 4.69) is 15.9 Å². The number of likely N-dealkylation sites (tertiary alicyclic amines) is 1. The molecular weight excluding hydrogens is 374 g/mol. The zero-order valence-electron chi connectivity index (χ0n) is 15.0. The Bertz CT molecular complexity index is 585. The molecule has 0 radical (unpaired) electrons. The highest BCUT2D eigenvalue weighted by Crippen LogP contribution is 2.38. The Kier molecular flexibility index (Phi) is 6.01. The summed E-state index contributed by atoms with van der Waals surface area (Å²) in [5.74, 6) is 1.98. The Hall–Kier alpha value is -1.43. The van der Waals surface area contributed by atoms with E-state index in [1.165, 1.54) is 0 Å². The largest absolute Gasteiger partial charge is 0.493 e. The van der Waals surface area contributed by atoms with Crippen LogP contribution < -0.4 is 9.47 Å². The van der Waals surface area contributed by atoms with Crippen LogP contribution in [0.5, 0.6) is 11.5 Å². The lowest BCUT2D eigenvalue weighted by Gasteiger charge is -2.24. The topological polar surface area (TPSA) is 48.0 Å². The fourth-order valence-corrected chi connectivity index (χ4v) is 3.62. The van der Waals surface area contributed by atoms with Crippen molar-refractivity contribution >= 4 is 22.0 Å². The van der Waals surface area contributed by atoms with Crippen molar-refractivity contribution < 1.29 is 19.0 Å². The molecule has 1 aromatic carbocycles. The van der Waals surface area contributed by atoms with Crippen LogP contribution in [0.3, 0.4) is 0 Å². The second-order valence-electron chi connectivity index (χ2n) is 7.02. The fourth-order valence-electron chi connectivity index (χ4n) is 2.96. The quantitative estimate of drug-likeness (QED) is 0.716. The molecule has 1 fully saturated rings. The van der Waals surface area contributed by atoms with Crippen LogP contribution in [0.1, 0.15) is 32.3 Å². The lowest BCUT2D eigenvalue weighted by Crippen LogP contribution is -2.35. The molecule has 0 saturated carbocycles. The Morgan fingerprint density at radius 3 is 2.42 bits per heavy atom. The van der Waals surface area contributed by atoms with E-state index in [0.717, 1.165) is 10.9 Å². The van der Waals surface area contributed by atoms with Crippen LogP contribution >= 0.6 is 15.9 Å². The molecule has 1 saturated heterocycles. The summed E-state index contributed by atoms with van der Waals surface area (Å²) >= 11 is 3.58. The molecule has 1 heterocycles. The number of amides is 1. The van der Waals surface area contributed by atoms with Crippen molar-refractivity contribution in [2.24, 2.45) is 5.92 Å². The minimum atomic E-state index is -0.484. The van der Waals surface area contributed by atoms with Gasteiger partial charge in [-0.1, -0.05) is 22.0 Å². The highest BCUT2D eigenvalue weighted by molar-refractivity contribution is 9.09. The lowest BCUT2D eigenvalue weighted by molar-refractivity contribution is 0.0288. The van der Waals surface area contributed by atoms with E-state index in [9.17, 15) is 4.79 Å². The molecular formula is C18H26BrNO4. The zero-order valence-corrected chi connectivity index (χ0v) is 16.6. The Morgan fingerprint density at radius 2 is 1.88 bits per heavy atom. The molecule has 0 N–H and O–H groups in total. The number of carbonyl (C=O) groups excluding carboxylic acids is 1. The molecule has 0 bridgehead atoms. The molecule has 1 aliphatic rings. The third-order valence-corrected chi connectivity index (χ3v) is 4.96. The van der Waals surface area contributed by atoms with Gasteiger partial charge in [0.1, 0.15) is 5.60 Å². The molecule has 1 amide bonds. The molecule has 0 spiro atoms. The summed E-state index contributed by atoms with van der Waals surface area (Å²) in [6, 6.07) is 5.95. The standard InChI is InChI=1S/C18H26BrNO4/c1-18(2,3)24-17(21)20-10-13(9-19)14(11-20)12-6-7-15(22-4)16(8-12)23-5/h6-8,13-14H,9-11H2,1-5H3/t13-,14+/m0/s1. The van der Waals surface area contributed by atoms with Crippen LogP contribution in [-0.4, -0.2) is 49.2 Å². The van der Waals surface area contributed by atoms with E-state index in [1.807, 2.05) is 39.0 Å². The van der Waals surface area contributed by atoms with Crippen LogP contribution in [0, 0.1) is 5.92 Å². The van der Waals surface area contributed by atoms with Crippen molar-refractivity contribution in [1.82, 2.24) is 4.90 Å². The molecule has 2 atom stereocenters. The van der Waals surface area contributed by atoms with Crippen molar-refractivity contribution in [1.29, 1.82) is 0 Å². The van der Waals surface area contributed by atoms with Gasteiger partial charge >= 0.3 is 6.09 Å². The maximum Gasteiger partial charge on any atom is 0.410 e. The maximum atomic E-state index is 12.4. The van der Waals surface area contributed by atoms with Crippen LogP contribution in [0.15, 0.2) is 18.2 Å². The maximum absolute atomic E-state index is 12.4. The van der Waals surface area contributed by atoms with Gasteiger partial charge in [0.15, 0.2) is 11.5 Å². The van der Waals surface area contributed by atoms with Crippen molar-refractivity contribution in [3.05, 3.63) is 23.8 Å². The average molecular weight is 400 g/mol. The molecule has 24 heavy (non-hydrogen) atoms. The molecule has 5 nitrogen and oxygen atoms in total. The van der Waals surface area contributed by atoms with Crippen LogP contribution in [-0.2, 0) is 4.74 Å². The molecule has 6 heteroatoms. The first kappa shape index (κ1) is 18.9. The summed E-state index contributed by atoms with van der Waals surface area (Å²) in [5, 5.41) is 0.825. The normalized spacial score (nSPS) is 20.8. The first-order chi connectivity index (χ1) is 11.3. The van der Waals surface area contributed by atoms with Gasteiger partial charge in [0.25, 0.3) is 0 Å². The number of ether oxygens (including phenoxy) is 3. The predicted molar refractivity (Wildman–Crippen MR) is 97.4 cm³/mol. The molecule has 1 aliphatic heterocycles. The van der Waals surface area contributed by atoms with Crippen molar-refractivity contribution in [3.63, 3.8) is 0 Å². The van der Waals surface area contributed by atoms with E-state index < -0.39 is 5.60 Å². The monoisotopic (exact) mass is 399 g/mol. The smallest absolute Gasteiger partial charge is 0.410 e. The first-order valence-electron chi connectivity index (χ1n) is 8.05. The van der Waals surface area contributed by atoms with Crippen LogP contribution in [0.2, 0.25) is 0 Å². The van der Waals surface area contributed by atoms with E-state index in [4.69, 9.17) is 14.2 Å². The van der Waals surface area contributed by atoms with Gasteiger partial charge in [-0.15, -0.1) is 0 Å². The van der Waals surface area contributed by atoms with Crippen molar-refractivity contribution in [2.75, 3.05) is 32.6 Å². The van der Waals surface area contributed by atoms with E-state index in [1.54, 1.807) is 19.1 Å². The minimum Gasteiger partial charge on any atom is -0.493 e. The number of hydrogen-bond acceptors (Lipinski definition) is 4. The number of nitrogens with zero attached hydrogens (tertiary/aromatic N) is 1. The summed E-state index contributed by atoms with van der Waals surface area (Å²) < 4.78 is 16.2. The summed E-state index contributed by atoms with van der Waals surface area (Å²) in [6.07, 6.45) is -0.253. The summed E-state index contributed by atoms with van der Waals surface area (Å²) in [7, 11) is 3.25. The highest BCUT2D eigenvalue weighted by Gasteiger charge is 2.37. The Morgan fingerprint density at radius 1 is 1.21 bits per heavy atom. The van der Waals surface area contributed by atoms with Gasteiger partial charge in [0.2, 0.25) is 0 Å². The first-order valence-corrected chi connectivity index (χ1v) is 9.17. The molecule has 134 valence electrons. The number of rotatable bonds is 4. The summed E-state index contributed by atoms with van der Waals surface area (Å²) in [5.41, 5.74) is 0.658. The van der Waals surface area contributed by atoms with E-state index >= 15 is 0 Å². The fraction of sp³-hybridized carbons (Fsp3) is 0.611. The van der Waals surface area contributed by atoms with Gasteiger partial charge in [-0.3, -0.25) is 0 Å².